The van der Waals surface area contributed by atoms with Crippen LogP contribution in [-0.4, -0.2) is 20.2 Å². The molecule has 7 heteroatoms. The average Bonchev–Trinajstić information content (AvgIpc) is 2.66. The van der Waals surface area contributed by atoms with Crippen molar-refractivity contribution in [2.24, 2.45) is 7.05 Å². The van der Waals surface area contributed by atoms with Crippen molar-refractivity contribution in [3.8, 4) is 0 Å². The predicted molar refractivity (Wildman–Crippen MR) is 66.9 cm³/mol. The lowest BCUT2D eigenvalue weighted by molar-refractivity contribution is 0.628. The first kappa shape index (κ1) is 11.4. The molecule has 2 N–H and O–H groups in total. The number of nitrogens with zero attached hydrogens (tertiary/aromatic N) is 4. The third-order valence-corrected chi connectivity index (χ3v) is 3.44. The predicted octanol–water partition coefficient (Wildman–Crippen LogP) is 1.85. The van der Waals surface area contributed by atoms with Crippen LogP contribution in [0, 0.1) is 0 Å². The molecule has 84 valence electrons. The summed E-state index contributed by atoms with van der Waals surface area (Å²) in [6, 6.07) is 5.77. The van der Waals surface area contributed by atoms with Crippen LogP contribution >= 0.6 is 27.7 Å². The van der Waals surface area contributed by atoms with E-state index in [0.29, 0.717) is 11.6 Å². The average molecular weight is 300 g/mol. The first-order valence-corrected chi connectivity index (χ1v) is 6.34. The lowest BCUT2D eigenvalue weighted by atomic mass is 10.3. The van der Waals surface area contributed by atoms with Gasteiger partial charge in [-0.1, -0.05) is 15.9 Å². The smallest absolute Gasteiger partial charge is 0.184 e. The number of tetrazole rings is 1. The number of hydrogen-bond acceptors (Lipinski definition) is 5. The van der Waals surface area contributed by atoms with Crippen molar-refractivity contribution in [3.63, 3.8) is 0 Å². The van der Waals surface area contributed by atoms with Crippen molar-refractivity contribution in [1.29, 1.82) is 0 Å². The fourth-order valence-electron chi connectivity index (χ4n) is 1.16. The summed E-state index contributed by atoms with van der Waals surface area (Å²) in [5, 5.41) is 11.8. The molecule has 1 aromatic carbocycles. The fraction of sp³-hybridized carbons (Fsp3) is 0.222. The molecule has 0 atom stereocenters. The SMILES string of the molecule is Cn1nnc(CSc2cc(Br)ccc2N)n1. The van der Waals surface area contributed by atoms with E-state index in [-0.39, 0.29) is 0 Å². The maximum absolute atomic E-state index is 5.86. The zero-order valence-corrected chi connectivity index (χ0v) is 11.0. The monoisotopic (exact) mass is 299 g/mol. The summed E-state index contributed by atoms with van der Waals surface area (Å²) >= 11 is 5.00. The third-order valence-electron chi connectivity index (χ3n) is 1.88. The van der Waals surface area contributed by atoms with E-state index in [0.717, 1.165) is 15.1 Å². The molecular formula is C9H10BrN5S. The molecule has 5 nitrogen and oxygen atoms in total. The molecule has 2 rings (SSSR count). The maximum atomic E-state index is 5.86. The van der Waals surface area contributed by atoms with Crippen molar-refractivity contribution in [2.75, 3.05) is 5.73 Å². The molecule has 0 fully saturated rings. The standard InChI is InChI=1S/C9H10BrN5S/c1-15-13-9(12-14-15)5-16-8-4-6(10)2-3-7(8)11/h2-4H,5,11H2,1H3. The van der Waals surface area contributed by atoms with E-state index in [2.05, 4.69) is 31.3 Å². The Labute approximate surface area is 106 Å². The molecular weight excluding hydrogens is 290 g/mol. The van der Waals surface area contributed by atoms with Crippen LogP contribution in [-0.2, 0) is 12.8 Å². The molecule has 0 aliphatic rings. The second-order valence-corrected chi connectivity index (χ2v) is 5.10. The van der Waals surface area contributed by atoms with E-state index in [1.54, 1.807) is 18.8 Å². The summed E-state index contributed by atoms with van der Waals surface area (Å²) in [6.45, 7) is 0. The molecule has 0 bridgehead atoms. The molecule has 0 radical (unpaired) electrons. The fourth-order valence-corrected chi connectivity index (χ4v) is 2.51. The van der Waals surface area contributed by atoms with Crippen LogP contribution in [0.5, 0.6) is 0 Å². The molecule has 16 heavy (non-hydrogen) atoms. The minimum absolute atomic E-state index is 0.661. The van der Waals surface area contributed by atoms with Crippen LogP contribution in [0.1, 0.15) is 5.82 Å². The zero-order valence-electron chi connectivity index (χ0n) is 8.59. The van der Waals surface area contributed by atoms with Crippen LogP contribution in [0.25, 0.3) is 0 Å². The summed E-state index contributed by atoms with van der Waals surface area (Å²) in [6.07, 6.45) is 0. The Balaban J connectivity index is 2.07. The molecule has 0 saturated heterocycles. The molecule has 1 aromatic heterocycles. The van der Waals surface area contributed by atoms with E-state index in [9.17, 15) is 0 Å². The molecule has 0 aliphatic carbocycles. The van der Waals surface area contributed by atoms with E-state index in [1.807, 2.05) is 18.2 Å². The van der Waals surface area contributed by atoms with E-state index in [1.165, 1.54) is 4.80 Å². The Morgan fingerprint density at radius 2 is 2.31 bits per heavy atom. The van der Waals surface area contributed by atoms with E-state index in [4.69, 9.17) is 5.73 Å². The van der Waals surface area contributed by atoms with Gasteiger partial charge in [0.05, 0.1) is 12.8 Å². The summed E-state index contributed by atoms with van der Waals surface area (Å²) in [4.78, 5) is 2.46. The molecule has 1 heterocycles. The van der Waals surface area contributed by atoms with Crippen molar-refractivity contribution < 1.29 is 0 Å². The second-order valence-electron chi connectivity index (χ2n) is 3.17. The van der Waals surface area contributed by atoms with Gasteiger partial charge < -0.3 is 5.73 Å². The van der Waals surface area contributed by atoms with Gasteiger partial charge in [-0.25, -0.2) is 0 Å². The third kappa shape index (κ3) is 2.73. The highest BCUT2D eigenvalue weighted by Gasteiger charge is 2.05. The largest absolute Gasteiger partial charge is 0.398 e. The number of nitrogens with two attached hydrogens (primary N) is 1. The number of aryl methyl sites for hydroxylation is 1. The number of anilines is 1. The summed E-state index contributed by atoms with van der Waals surface area (Å²) in [7, 11) is 1.74. The second kappa shape index (κ2) is 4.84. The Kier molecular flexibility index (Phi) is 3.45. The topological polar surface area (TPSA) is 69.6 Å². The van der Waals surface area contributed by atoms with Gasteiger partial charge in [0.15, 0.2) is 5.82 Å². The van der Waals surface area contributed by atoms with Crippen LogP contribution in [0.4, 0.5) is 5.69 Å². The molecule has 0 unspecified atom stereocenters. The lowest BCUT2D eigenvalue weighted by Crippen LogP contribution is -1.93. The van der Waals surface area contributed by atoms with Gasteiger partial charge in [0.2, 0.25) is 0 Å². The van der Waals surface area contributed by atoms with Gasteiger partial charge in [-0.15, -0.1) is 22.0 Å². The first-order chi connectivity index (χ1) is 7.65. The number of benzene rings is 1. The van der Waals surface area contributed by atoms with Crippen molar-refractivity contribution >= 4 is 33.4 Å². The van der Waals surface area contributed by atoms with Crippen molar-refractivity contribution in [3.05, 3.63) is 28.5 Å². The summed E-state index contributed by atoms with van der Waals surface area (Å²) in [5.74, 6) is 1.36. The minimum Gasteiger partial charge on any atom is -0.398 e. The Hall–Kier alpha value is -1.08. The number of aromatic nitrogens is 4. The van der Waals surface area contributed by atoms with Crippen molar-refractivity contribution in [2.45, 2.75) is 10.6 Å². The normalized spacial score (nSPS) is 10.6. The number of rotatable bonds is 3. The number of nitrogen functional groups attached to an aromatic ring is 1. The van der Waals surface area contributed by atoms with Gasteiger partial charge in [-0.3, -0.25) is 0 Å². The van der Waals surface area contributed by atoms with Crippen LogP contribution in [0.3, 0.4) is 0 Å². The van der Waals surface area contributed by atoms with Gasteiger partial charge in [-0.2, -0.15) is 4.80 Å². The van der Waals surface area contributed by atoms with E-state index < -0.39 is 0 Å². The molecule has 0 saturated carbocycles. The molecule has 2 aromatic rings. The minimum atomic E-state index is 0.661. The molecule has 0 amide bonds. The summed E-state index contributed by atoms with van der Waals surface area (Å²) in [5.41, 5.74) is 6.62. The number of hydrogen-bond donors (Lipinski definition) is 1. The zero-order chi connectivity index (χ0) is 11.5. The van der Waals surface area contributed by atoms with Crippen molar-refractivity contribution in [1.82, 2.24) is 20.2 Å². The Morgan fingerprint density at radius 3 is 3.00 bits per heavy atom. The first-order valence-electron chi connectivity index (χ1n) is 4.56. The Bertz CT molecular complexity index is 498. The van der Waals surface area contributed by atoms with Gasteiger partial charge in [0, 0.05) is 15.1 Å². The van der Waals surface area contributed by atoms with Gasteiger partial charge >= 0.3 is 0 Å². The van der Waals surface area contributed by atoms with Gasteiger partial charge in [0.25, 0.3) is 0 Å². The highest BCUT2D eigenvalue weighted by molar-refractivity contribution is 9.10. The number of halogens is 1. The maximum Gasteiger partial charge on any atom is 0.184 e. The van der Waals surface area contributed by atoms with Gasteiger partial charge in [-0.05, 0) is 23.4 Å². The Morgan fingerprint density at radius 1 is 1.50 bits per heavy atom. The quantitative estimate of drug-likeness (QED) is 0.692. The molecule has 0 spiro atoms. The molecule has 0 aliphatic heterocycles. The van der Waals surface area contributed by atoms with Crippen LogP contribution in [0.15, 0.2) is 27.6 Å². The van der Waals surface area contributed by atoms with Crippen LogP contribution < -0.4 is 5.73 Å². The van der Waals surface area contributed by atoms with Gasteiger partial charge in [0.1, 0.15) is 0 Å². The summed E-state index contributed by atoms with van der Waals surface area (Å²) < 4.78 is 1.01. The van der Waals surface area contributed by atoms with Crippen LogP contribution in [0.2, 0.25) is 0 Å². The lowest BCUT2D eigenvalue weighted by Gasteiger charge is -2.03. The highest BCUT2D eigenvalue weighted by atomic mass is 79.9. The number of thioether (sulfide) groups is 1. The van der Waals surface area contributed by atoms with E-state index >= 15 is 0 Å². The highest BCUT2D eigenvalue weighted by Crippen LogP contribution is 2.29.